The molecule has 2 fully saturated rings. The second-order valence-electron chi connectivity index (χ2n) is 6.56. The SMILES string of the molecule is O=C(NCCc1ccc(Cl)cc1)C1(C(=O)NCC2CCCO2)CC1. The lowest BCUT2D eigenvalue weighted by atomic mass is 10.0. The summed E-state index contributed by atoms with van der Waals surface area (Å²) in [5, 5.41) is 6.47. The molecule has 1 atom stereocenters. The van der Waals surface area contributed by atoms with Crippen molar-refractivity contribution in [2.75, 3.05) is 19.7 Å². The molecule has 5 nitrogen and oxygen atoms in total. The topological polar surface area (TPSA) is 67.4 Å². The van der Waals surface area contributed by atoms with E-state index in [0.29, 0.717) is 31.0 Å². The lowest BCUT2D eigenvalue weighted by Crippen LogP contribution is -2.45. The van der Waals surface area contributed by atoms with E-state index in [1.54, 1.807) is 0 Å². The first-order valence-corrected chi connectivity index (χ1v) is 8.91. The van der Waals surface area contributed by atoms with Crippen LogP contribution in [0.4, 0.5) is 0 Å². The van der Waals surface area contributed by atoms with E-state index < -0.39 is 5.41 Å². The molecule has 1 unspecified atom stereocenters. The van der Waals surface area contributed by atoms with E-state index >= 15 is 0 Å². The Labute approximate surface area is 147 Å². The Morgan fingerprint density at radius 3 is 2.50 bits per heavy atom. The molecule has 2 amide bonds. The zero-order chi connectivity index (χ0) is 17.0. The summed E-state index contributed by atoms with van der Waals surface area (Å²) in [6.07, 6.45) is 4.07. The molecule has 0 aromatic heterocycles. The second-order valence-corrected chi connectivity index (χ2v) is 7.00. The molecule has 0 spiro atoms. The van der Waals surface area contributed by atoms with Gasteiger partial charge in [-0.2, -0.15) is 0 Å². The number of benzene rings is 1. The van der Waals surface area contributed by atoms with Crippen LogP contribution in [0.15, 0.2) is 24.3 Å². The summed E-state index contributed by atoms with van der Waals surface area (Å²) in [5.41, 5.74) is 0.242. The number of carbonyl (C=O) groups is 2. The number of rotatable bonds is 7. The fraction of sp³-hybridized carbons (Fsp3) is 0.556. The van der Waals surface area contributed by atoms with Gasteiger partial charge < -0.3 is 15.4 Å². The highest BCUT2D eigenvalue weighted by Crippen LogP contribution is 2.46. The van der Waals surface area contributed by atoms with Gasteiger partial charge in [0.25, 0.3) is 0 Å². The van der Waals surface area contributed by atoms with E-state index in [1.165, 1.54) is 0 Å². The molecule has 1 aromatic carbocycles. The highest BCUT2D eigenvalue weighted by Gasteiger charge is 2.56. The van der Waals surface area contributed by atoms with E-state index in [9.17, 15) is 9.59 Å². The highest BCUT2D eigenvalue weighted by atomic mass is 35.5. The van der Waals surface area contributed by atoms with Crippen LogP contribution in [0.25, 0.3) is 0 Å². The molecule has 1 saturated carbocycles. The van der Waals surface area contributed by atoms with Gasteiger partial charge in [-0.3, -0.25) is 9.59 Å². The van der Waals surface area contributed by atoms with Gasteiger partial charge in [0.1, 0.15) is 5.41 Å². The summed E-state index contributed by atoms with van der Waals surface area (Å²) in [6, 6.07) is 7.55. The molecule has 1 aliphatic heterocycles. The van der Waals surface area contributed by atoms with Gasteiger partial charge in [-0.05, 0) is 49.8 Å². The molecule has 1 aromatic rings. The van der Waals surface area contributed by atoms with Crippen molar-refractivity contribution < 1.29 is 14.3 Å². The van der Waals surface area contributed by atoms with Gasteiger partial charge in [0.2, 0.25) is 11.8 Å². The van der Waals surface area contributed by atoms with Crippen LogP contribution in [0, 0.1) is 5.41 Å². The second kappa shape index (κ2) is 7.53. The van der Waals surface area contributed by atoms with Crippen molar-refractivity contribution in [2.24, 2.45) is 5.41 Å². The third-order valence-corrected chi connectivity index (χ3v) is 5.00. The molecule has 0 bridgehead atoms. The molecule has 3 rings (SSSR count). The normalized spacial score (nSPS) is 21.3. The molecule has 24 heavy (non-hydrogen) atoms. The van der Waals surface area contributed by atoms with Crippen molar-refractivity contribution in [3.05, 3.63) is 34.9 Å². The summed E-state index contributed by atoms with van der Waals surface area (Å²) in [7, 11) is 0. The van der Waals surface area contributed by atoms with Crippen molar-refractivity contribution in [3.63, 3.8) is 0 Å². The quantitative estimate of drug-likeness (QED) is 0.740. The summed E-state index contributed by atoms with van der Waals surface area (Å²) < 4.78 is 5.49. The number of hydrogen-bond donors (Lipinski definition) is 2. The molecule has 1 saturated heterocycles. The largest absolute Gasteiger partial charge is 0.376 e. The minimum Gasteiger partial charge on any atom is -0.376 e. The fourth-order valence-electron chi connectivity index (χ4n) is 3.00. The minimum absolute atomic E-state index is 0.0951. The van der Waals surface area contributed by atoms with Gasteiger partial charge in [0.05, 0.1) is 6.10 Å². The van der Waals surface area contributed by atoms with Gasteiger partial charge >= 0.3 is 0 Å². The van der Waals surface area contributed by atoms with Crippen LogP contribution in [0.2, 0.25) is 5.02 Å². The standard InChI is InChI=1S/C18H23ClN2O3/c19-14-5-3-13(4-6-14)7-10-20-16(22)18(8-9-18)17(23)21-12-15-2-1-11-24-15/h3-6,15H,1-2,7-12H2,(H,20,22)(H,21,23). The smallest absolute Gasteiger partial charge is 0.235 e. The van der Waals surface area contributed by atoms with Crippen molar-refractivity contribution >= 4 is 23.4 Å². The van der Waals surface area contributed by atoms with E-state index in [1.807, 2.05) is 24.3 Å². The first-order chi connectivity index (χ1) is 11.6. The summed E-state index contributed by atoms with van der Waals surface area (Å²) in [5.74, 6) is -0.330. The third kappa shape index (κ3) is 4.08. The average Bonchev–Trinajstić information content (AvgIpc) is 3.24. The van der Waals surface area contributed by atoms with Crippen molar-refractivity contribution in [2.45, 2.75) is 38.2 Å². The number of nitrogens with one attached hydrogen (secondary N) is 2. The Hall–Kier alpha value is -1.59. The van der Waals surface area contributed by atoms with Crippen molar-refractivity contribution in [1.29, 1.82) is 0 Å². The van der Waals surface area contributed by atoms with Gasteiger partial charge in [0.15, 0.2) is 0 Å². The Kier molecular flexibility index (Phi) is 5.41. The van der Waals surface area contributed by atoms with Crippen LogP contribution in [0.5, 0.6) is 0 Å². The van der Waals surface area contributed by atoms with E-state index in [2.05, 4.69) is 10.6 Å². The van der Waals surface area contributed by atoms with E-state index in [4.69, 9.17) is 16.3 Å². The Morgan fingerprint density at radius 2 is 1.88 bits per heavy atom. The molecule has 1 aliphatic carbocycles. The zero-order valence-electron chi connectivity index (χ0n) is 13.6. The van der Waals surface area contributed by atoms with Crippen molar-refractivity contribution in [1.82, 2.24) is 10.6 Å². The number of halogens is 1. The Bertz CT molecular complexity index is 593. The lowest BCUT2D eigenvalue weighted by molar-refractivity contribution is -0.137. The molecular formula is C18H23ClN2O3. The van der Waals surface area contributed by atoms with Crippen LogP contribution >= 0.6 is 11.6 Å². The van der Waals surface area contributed by atoms with Crippen LogP contribution in [0.1, 0.15) is 31.2 Å². The van der Waals surface area contributed by atoms with Crippen LogP contribution in [0.3, 0.4) is 0 Å². The van der Waals surface area contributed by atoms with Gasteiger partial charge in [-0.15, -0.1) is 0 Å². The number of ether oxygens (including phenoxy) is 1. The molecular weight excluding hydrogens is 328 g/mol. The molecule has 6 heteroatoms. The Balaban J connectivity index is 1.43. The minimum atomic E-state index is -0.862. The van der Waals surface area contributed by atoms with E-state index in [-0.39, 0.29) is 17.9 Å². The maximum atomic E-state index is 12.4. The van der Waals surface area contributed by atoms with Crippen LogP contribution in [-0.2, 0) is 20.7 Å². The number of carbonyl (C=O) groups excluding carboxylic acids is 2. The summed E-state index contributed by atoms with van der Waals surface area (Å²) >= 11 is 5.85. The highest BCUT2D eigenvalue weighted by molar-refractivity contribution is 6.30. The zero-order valence-corrected chi connectivity index (χ0v) is 14.4. The molecule has 2 aliphatic rings. The Morgan fingerprint density at radius 1 is 1.17 bits per heavy atom. The van der Waals surface area contributed by atoms with Gasteiger partial charge in [0, 0.05) is 24.7 Å². The van der Waals surface area contributed by atoms with Crippen LogP contribution in [-0.4, -0.2) is 37.6 Å². The summed E-state index contributed by atoms with van der Waals surface area (Å²) in [4.78, 5) is 24.7. The first-order valence-electron chi connectivity index (χ1n) is 8.53. The van der Waals surface area contributed by atoms with Crippen LogP contribution < -0.4 is 10.6 Å². The first kappa shape index (κ1) is 17.2. The maximum Gasteiger partial charge on any atom is 0.235 e. The maximum absolute atomic E-state index is 12.4. The number of hydrogen-bond acceptors (Lipinski definition) is 3. The molecule has 130 valence electrons. The number of amides is 2. The monoisotopic (exact) mass is 350 g/mol. The molecule has 1 heterocycles. The van der Waals surface area contributed by atoms with Gasteiger partial charge in [-0.1, -0.05) is 23.7 Å². The van der Waals surface area contributed by atoms with Gasteiger partial charge in [-0.25, -0.2) is 0 Å². The lowest BCUT2D eigenvalue weighted by Gasteiger charge is -2.17. The van der Waals surface area contributed by atoms with Crippen molar-refractivity contribution in [3.8, 4) is 0 Å². The average molecular weight is 351 g/mol. The molecule has 2 N–H and O–H groups in total. The van der Waals surface area contributed by atoms with E-state index in [0.717, 1.165) is 31.4 Å². The molecule has 0 radical (unpaired) electrons. The predicted molar refractivity (Wildman–Crippen MR) is 91.8 cm³/mol. The fourth-order valence-corrected chi connectivity index (χ4v) is 3.13. The third-order valence-electron chi connectivity index (χ3n) is 4.75. The summed E-state index contributed by atoms with van der Waals surface area (Å²) in [6.45, 7) is 1.77. The predicted octanol–water partition coefficient (Wildman–Crippen LogP) is 2.07.